The predicted molar refractivity (Wildman–Crippen MR) is 78.9 cm³/mol. The van der Waals surface area contributed by atoms with Gasteiger partial charge in [0, 0.05) is 23.3 Å². The van der Waals surface area contributed by atoms with Gasteiger partial charge in [-0.3, -0.25) is 4.98 Å². The van der Waals surface area contributed by atoms with Gasteiger partial charge < -0.3 is 10.3 Å². The molecule has 3 rings (SSSR count). The lowest BCUT2D eigenvalue weighted by Gasteiger charge is -1.97. The molecule has 20 heavy (non-hydrogen) atoms. The van der Waals surface area contributed by atoms with Crippen LogP contribution in [-0.4, -0.2) is 15.1 Å². The molecular weight excluding hydrogens is 320 g/mol. The van der Waals surface area contributed by atoms with Crippen molar-refractivity contribution in [2.45, 2.75) is 6.42 Å². The van der Waals surface area contributed by atoms with Gasteiger partial charge in [0.15, 0.2) is 5.82 Å². The van der Waals surface area contributed by atoms with Crippen molar-refractivity contribution >= 4 is 21.6 Å². The van der Waals surface area contributed by atoms with E-state index < -0.39 is 0 Å². The monoisotopic (exact) mass is 330 g/mol. The number of benzene rings is 1. The highest BCUT2D eigenvalue weighted by Gasteiger charge is 2.10. The van der Waals surface area contributed by atoms with Gasteiger partial charge in [0.05, 0.1) is 11.3 Å². The number of halogens is 1. The zero-order valence-corrected chi connectivity index (χ0v) is 12.0. The molecule has 6 heteroatoms. The number of pyridine rings is 1. The third-order valence-corrected chi connectivity index (χ3v) is 3.22. The Morgan fingerprint density at radius 1 is 1.20 bits per heavy atom. The fourth-order valence-corrected chi connectivity index (χ4v) is 2.29. The highest BCUT2D eigenvalue weighted by Crippen LogP contribution is 2.19. The molecule has 0 bridgehead atoms. The van der Waals surface area contributed by atoms with Gasteiger partial charge >= 0.3 is 0 Å². The SMILES string of the molecule is Nc1cncc(-c2nc(Cc3cccc(Br)c3)no2)c1. The number of nitrogens with zero attached hydrogens (tertiary/aromatic N) is 3. The van der Waals surface area contributed by atoms with Crippen LogP contribution >= 0.6 is 15.9 Å². The van der Waals surface area contributed by atoms with Crippen LogP contribution < -0.4 is 5.73 Å². The van der Waals surface area contributed by atoms with Crippen LogP contribution in [0.3, 0.4) is 0 Å². The van der Waals surface area contributed by atoms with E-state index >= 15 is 0 Å². The van der Waals surface area contributed by atoms with Gasteiger partial charge in [-0.1, -0.05) is 33.2 Å². The highest BCUT2D eigenvalue weighted by atomic mass is 79.9. The van der Waals surface area contributed by atoms with Crippen LogP contribution in [0.2, 0.25) is 0 Å². The minimum Gasteiger partial charge on any atom is -0.397 e. The lowest BCUT2D eigenvalue weighted by molar-refractivity contribution is 0.424. The Morgan fingerprint density at radius 2 is 2.10 bits per heavy atom. The molecule has 0 saturated carbocycles. The Bertz CT molecular complexity index is 741. The standard InChI is InChI=1S/C14H11BrN4O/c15-11-3-1-2-9(4-11)5-13-18-14(20-19-13)10-6-12(16)8-17-7-10/h1-4,6-8H,5,16H2. The van der Waals surface area contributed by atoms with Gasteiger partial charge in [0.1, 0.15) is 0 Å². The quantitative estimate of drug-likeness (QED) is 0.798. The predicted octanol–water partition coefficient (Wildman–Crippen LogP) is 3.07. The van der Waals surface area contributed by atoms with Crippen LogP contribution in [0.4, 0.5) is 5.69 Å². The molecule has 3 aromatic rings. The first kappa shape index (κ1) is 12.8. The summed E-state index contributed by atoms with van der Waals surface area (Å²) in [6.45, 7) is 0. The van der Waals surface area contributed by atoms with Crippen molar-refractivity contribution in [1.29, 1.82) is 0 Å². The number of hydrogen-bond acceptors (Lipinski definition) is 5. The summed E-state index contributed by atoms with van der Waals surface area (Å²) in [6.07, 6.45) is 3.83. The molecule has 0 atom stereocenters. The Morgan fingerprint density at radius 3 is 2.90 bits per heavy atom. The number of rotatable bonds is 3. The molecule has 0 saturated heterocycles. The smallest absolute Gasteiger partial charge is 0.259 e. The molecule has 1 aromatic carbocycles. The minimum absolute atomic E-state index is 0.426. The topological polar surface area (TPSA) is 77.8 Å². The number of nitrogen functional groups attached to an aromatic ring is 1. The van der Waals surface area contributed by atoms with Gasteiger partial charge in [-0.2, -0.15) is 4.98 Å². The Balaban J connectivity index is 1.84. The second-order valence-corrected chi connectivity index (χ2v) is 5.25. The summed E-state index contributed by atoms with van der Waals surface area (Å²) < 4.78 is 6.27. The lowest BCUT2D eigenvalue weighted by atomic mass is 10.1. The molecule has 0 radical (unpaired) electrons. The van der Waals surface area contributed by atoms with Gasteiger partial charge in [-0.15, -0.1) is 0 Å². The Kier molecular flexibility index (Phi) is 3.47. The summed E-state index contributed by atoms with van der Waals surface area (Å²) in [4.78, 5) is 8.36. The van der Waals surface area contributed by atoms with Crippen molar-refractivity contribution in [2.24, 2.45) is 0 Å². The van der Waals surface area contributed by atoms with Crippen molar-refractivity contribution < 1.29 is 4.52 Å². The normalized spacial score (nSPS) is 10.7. The molecule has 2 aromatic heterocycles. The van der Waals surface area contributed by atoms with Crippen molar-refractivity contribution in [3.05, 3.63) is 58.6 Å². The van der Waals surface area contributed by atoms with Crippen LogP contribution in [0.15, 0.2) is 51.7 Å². The van der Waals surface area contributed by atoms with Crippen molar-refractivity contribution in [2.75, 3.05) is 5.73 Å². The maximum atomic E-state index is 5.69. The summed E-state index contributed by atoms with van der Waals surface area (Å²) in [7, 11) is 0. The molecule has 2 N–H and O–H groups in total. The molecule has 2 heterocycles. The van der Waals surface area contributed by atoms with Gasteiger partial charge in [0.2, 0.25) is 0 Å². The average molecular weight is 331 g/mol. The Hall–Kier alpha value is -2.21. The van der Waals surface area contributed by atoms with E-state index in [9.17, 15) is 0 Å². The maximum Gasteiger partial charge on any atom is 0.259 e. The first-order chi connectivity index (χ1) is 9.70. The number of hydrogen-bond donors (Lipinski definition) is 1. The number of anilines is 1. The van der Waals surface area contributed by atoms with Crippen molar-refractivity contribution in [1.82, 2.24) is 15.1 Å². The second-order valence-electron chi connectivity index (χ2n) is 4.33. The summed E-state index contributed by atoms with van der Waals surface area (Å²) in [5.41, 5.74) is 8.08. The van der Waals surface area contributed by atoms with E-state index in [2.05, 4.69) is 31.1 Å². The third-order valence-electron chi connectivity index (χ3n) is 2.73. The van der Waals surface area contributed by atoms with Gasteiger partial charge in [-0.05, 0) is 23.8 Å². The largest absolute Gasteiger partial charge is 0.397 e. The zero-order chi connectivity index (χ0) is 13.9. The molecular formula is C14H11BrN4O. The minimum atomic E-state index is 0.426. The first-order valence-electron chi connectivity index (χ1n) is 5.98. The van der Waals surface area contributed by atoms with Gasteiger partial charge in [0.25, 0.3) is 5.89 Å². The van der Waals surface area contributed by atoms with E-state index in [1.165, 1.54) is 0 Å². The molecule has 0 amide bonds. The molecule has 0 unspecified atom stereocenters. The summed E-state index contributed by atoms with van der Waals surface area (Å²) in [5, 5.41) is 3.98. The summed E-state index contributed by atoms with van der Waals surface area (Å²) >= 11 is 3.44. The van der Waals surface area contributed by atoms with Crippen LogP contribution in [0.1, 0.15) is 11.4 Å². The van der Waals surface area contributed by atoms with E-state index in [-0.39, 0.29) is 0 Å². The average Bonchev–Trinajstić information content (AvgIpc) is 2.87. The molecule has 0 aliphatic heterocycles. The molecule has 0 fully saturated rings. The molecule has 0 aliphatic rings. The third kappa shape index (κ3) is 2.85. The lowest BCUT2D eigenvalue weighted by Crippen LogP contribution is -1.91. The van der Waals surface area contributed by atoms with E-state index in [0.717, 1.165) is 15.6 Å². The summed E-state index contributed by atoms with van der Waals surface area (Å²) in [5.74, 6) is 1.05. The number of aromatic nitrogens is 3. The molecule has 100 valence electrons. The summed E-state index contributed by atoms with van der Waals surface area (Å²) in [6, 6.07) is 9.75. The first-order valence-corrected chi connectivity index (χ1v) is 6.78. The molecule has 0 aliphatic carbocycles. The maximum absolute atomic E-state index is 5.69. The van der Waals surface area contributed by atoms with E-state index in [4.69, 9.17) is 10.3 Å². The van der Waals surface area contributed by atoms with Crippen LogP contribution in [0.25, 0.3) is 11.5 Å². The van der Waals surface area contributed by atoms with Crippen LogP contribution in [-0.2, 0) is 6.42 Å². The van der Waals surface area contributed by atoms with E-state index in [1.54, 1.807) is 18.5 Å². The van der Waals surface area contributed by atoms with E-state index in [1.807, 2.05) is 24.3 Å². The Labute approximate surface area is 124 Å². The van der Waals surface area contributed by atoms with Crippen LogP contribution in [0.5, 0.6) is 0 Å². The molecule has 0 spiro atoms. The van der Waals surface area contributed by atoms with Crippen molar-refractivity contribution in [3.8, 4) is 11.5 Å². The highest BCUT2D eigenvalue weighted by molar-refractivity contribution is 9.10. The van der Waals surface area contributed by atoms with Gasteiger partial charge in [-0.25, -0.2) is 0 Å². The fraction of sp³-hybridized carbons (Fsp3) is 0.0714. The molecule has 5 nitrogen and oxygen atoms in total. The zero-order valence-electron chi connectivity index (χ0n) is 10.5. The second kappa shape index (κ2) is 5.42. The van der Waals surface area contributed by atoms with Crippen molar-refractivity contribution in [3.63, 3.8) is 0 Å². The van der Waals surface area contributed by atoms with Crippen LogP contribution in [0, 0.1) is 0 Å². The number of nitrogens with two attached hydrogens (primary N) is 1. The van der Waals surface area contributed by atoms with E-state index in [0.29, 0.717) is 23.8 Å². The fourth-order valence-electron chi connectivity index (χ4n) is 1.85.